The maximum atomic E-state index is 12.6. The number of carbonyl (C=O) groups is 1. The number of anilines is 1. The van der Waals surface area contributed by atoms with Crippen LogP contribution in [0.5, 0.6) is 11.5 Å². The Labute approximate surface area is 172 Å². The second kappa shape index (κ2) is 8.99. The summed E-state index contributed by atoms with van der Waals surface area (Å²) in [6.07, 6.45) is 3.42. The van der Waals surface area contributed by atoms with Gasteiger partial charge < -0.3 is 9.47 Å². The Morgan fingerprint density at radius 2 is 2.03 bits per heavy atom. The lowest BCUT2D eigenvalue weighted by molar-refractivity contribution is -0.121. The van der Waals surface area contributed by atoms with Gasteiger partial charge in [-0.3, -0.25) is 14.1 Å². The number of pyridine rings is 1. The van der Waals surface area contributed by atoms with E-state index in [1.165, 1.54) is 0 Å². The summed E-state index contributed by atoms with van der Waals surface area (Å²) in [5, 5.41) is 0. The maximum absolute atomic E-state index is 12.6. The van der Waals surface area contributed by atoms with Gasteiger partial charge >= 0.3 is 0 Å². The number of methoxy groups -OCH3 is 1. The molecular formula is C23H29N3O3. The first-order valence-corrected chi connectivity index (χ1v) is 9.99. The first-order valence-electron chi connectivity index (χ1n) is 9.99. The van der Waals surface area contributed by atoms with Crippen LogP contribution in [0.15, 0.2) is 42.6 Å². The summed E-state index contributed by atoms with van der Waals surface area (Å²) in [5.74, 6) is 2.33. The standard InChI is InChI=1S/C23H29N3O3/c1-6-19-22(25(4)23(27)16(2)3)26-13-8-11-20(21(26)24-19)29-14-12-17-9-7-10-18(15-17)28-5/h7-11,13,15-16H,6,12,14H2,1-5H3. The van der Waals surface area contributed by atoms with Crippen LogP contribution in [0.1, 0.15) is 32.0 Å². The van der Waals surface area contributed by atoms with Gasteiger partial charge in [0.1, 0.15) is 11.6 Å². The molecule has 0 aliphatic heterocycles. The van der Waals surface area contributed by atoms with Crippen molar-refractivity contribution >= 4 is 17.4 Å². The smallest absolute Gasteiger partial charge is 0.230 e. The number of nitrogens with zero attached hydrogens (tertiary/aromatic N) is 3. The number of hydrogen-bond acceptors (Lipinski definition) is 4. The molecule has 2 heterocycles. The van der Waals surface area contributed by atoms with Crippen molar-refractivity contribution in [2.45, 2.75) is 33.6 Å². The van der Waals surface area contributed by atoms with Crippen molar-refractivity contribution in [3.8, 4) is 11.5 Å². The molecule has 2 aromatic heterocycles. The van der Waals surface area contributed by atoms with Crippen LogP contribution < -0.4 is 14.4 Å². The van der Waals surface area contributed by atoms with Crippen molar-refractivity contribution in [1.29, 1.82) is 0 Å². The molecule has 0 atom stereocenters. The van der Waals surface area contributed by atoms with Gasteiger partial charge in [0.2, 0.25) is 5.91 Å². The third-order valence-electron chi connectivity index (χ3n) is 4.92. The molecule has 3 rings (SSSR count). The average Bonchev–Trinajstić information content (AvgIpc) is 3.12. The Bertz CT molecular complexity index is 994. The highest BCUT2D eigenvalue weighted by atomic mass is 16.5. The molecule has 29 heavy (non-hydrogen) atoms. The van der Waals surface area contributed by atoms with Crippen LogP contribution in [0.2, 0.25) is 0 Å². The third-order valence-corrected chi connectivity index (χ3v) is 4.92. The third kappa shape index (κ3) is 4.36. The molecule has 0 aliphatic rings. The summed E-state index contributed by atoms with van der Waals surface area (Å²) in [4.78, 5) is 19.0. The highest BCUT2D eigenvalue weighted by Gasteiger charge is 2.23. The fourth-order valence-electron chi connectivity index (χ4n) is 3.38. The van der Waals surface area contributed by atoms with E-state index in [-0.39, 0.29) is 11.8 Å². The molecule has 3 aromatic rings. The van der Waals surface area contributed by atoms with Gasteiger partial charge in [-0.2, -0.15) is 0 Å². The van der Waals surface area contributed by atoms with Crippen LogP contribution in [0.25, 0.3) is 5.65 Å². The molecule has 0 N–H and O–H groups in total. The first kappa shape index (κ1) is 20.7. The zero-order valence-corrected chi connectivity index (χ0v) is 17.8. The topological polar surface area (TPSA) is 56.1 Å². The lowest BCUT2D eigenvalue weighted by Crippen LogP contribution is -2.31. The number of amides is 1. The van der Waals surface area contributed by atoms with Crippen LogP contribution in [-0.4, -0.2) is 36.1 Å². The highest BCUT2D eigenvalue weighted by Crippen LogP contribution is 2.29. The van der Waals surface area contributed by atoms with Crippen LogP contribution in [-0.2, 0) is 17.6 Å². The summed E-state index contributed by atoms with van der Waals surface area (Å²) in [7, 11) is 3.47. The molecule has 0 radical (unpaired) electrons. The van der Waals surface area contributed by atoms with Crippen molar-refractivity contribution in [3.05, 3.63) is 53.9 Å². The lowest BCUT2D eigenvalue weighted by atomic mass is 10.1. The van der Waals surface area contributed by atoms with E-state index in [2.05, 4.69) is 6.07 Å². The number of carbonyl (C=O) groups excluding carboxylic acids is 1. The largest absolute Gasteiger partial charge is 0.497 e. The summed E-state index contributed by atoms with van der Waals surface area (Å²) in [6.45, 7) is 6.38. The number of benzene rings is 1. The van der Waals surface area contributed by atoms with Crippen LogP contribution >= 0.6 is 0 Å². The zero-order valence-electron chi connectivity index (χ0n) is 17.8. The van der Waals surface area contributed by atoms with Gasteiger partial charge in [-0.05, 0) is 36.2 Å². The predicted octanol–water partition coefficient (Wildman–Crippen LogP) is 4.15. The molecule has 0 saturated heterocycles. The minimum Gasteiger partial charge on any atom is -0.497 e. The van der Waals surface area contributed by atoms with Gasteiger partial charge in [-0.25, -0.2) is 4.98 Å². The van der Waals surface area contributed by atoms with Gasteiger partial charge in [-0.15, -0.1) is 0 Å². The molecule has 0 fully saturated rings. The summed E-state index contributed by atoms with van der Waals surface area (Å²) < 4.78 is 13.3. The van der Waals surface area contributed by atoms with Crippen molar-refractivity contribution in [3.63, 3.8) is 0 Å². The molecule has 0 spiro atoms. The molecular weight excluding hydrogens is 366 g/mol. The predicted molar refractivity (Wildman–Crippen MR) is 115 cm³/mol. The molecule has 0 aliphatic carbocycles. The monoisotopic (exact) mass is 395 g/mol. The molecule has 0 unspecified atom stereocenters. The SMILES string of the molecule is CCc1nc2c(OCCc3cccc(OC)c3)cccn2c1N(C)C(=O)C(C)C. The number of rotatable bonds is 8. The Hall–Kier alpha value is -3.02. The van der Waals surface area contributed by atoms with Crippen molar-refractivity contribution in [1.82, 2.24) is 9.38 Å². The van der Waals surface area contributed by atoms with Gasteiger partial charge in [0.05, 0.1) is 19.4 Å². The molecule has 6 heteroatoms. The minimum atomic E-state index is -0.0856. The van der Waals surface area contributed by atoms with E-state index in [9.17, 15) is 4.79 Å². The highest BCUT2D eigenvalue weighted by molar-refractivity contribution is 5.94. The fourth-order valence-corrected chi connectivity index (χ4v) is 3.38. The fraction of sp³-hybridized carbons (Fsp3) is 0.391. The Balaban J connectivity index is 1.85. The van der Waals surface area contributed by atoms with Gasteiger partial charge in [0, 0.05) is 25.6 Å². The summed E-state index contributed by atoms with van der Waals surface area (Å²) in [6, 6.07) is 11.8. The second-order valence-electron chi connectivity index (χ2n) is 7.30. The number of fused-ring (bicyclic) bond motifs is 1. The van der Waals surface area contributed by atoms with Crippen molar-refractivity contribution in [2.75, 3.05) is 25.7 Å². The average molecular weight is 396 g/mol. The van der Waals surface area contributed by atoms with Crippen LogP contribution in [0, 0.1) is 5.92 Å². The lowest BCUT2D eigenvalue weighted by Gasteiger charge is -2.20. The van der Waals surface area contributed by atoms with Crippen LogP contribution in [0.4, 0.5) is 5.82 Å². The van der Waals surface area contributed by atoms with Crippen molar-refractivity contribution in [2.24, 2.45) is 5.92 Å². The number of hydrogen-bond donors (Lipinski definition) is 0. The normalized spacial score (nSPS) is 11.1. The zero-order chi connectivity index (χ0) is 21.0. The minimum absolute atomic E-state index is 0.0610. The van der Waals surface area contributed by atoms with E-state index in [1.54, 1.807) is 19.1 Å². The number of aromatic nitrogens is 2. The quantitative estimate of drug-likeness (QED) is 0.575. The Morgan fingerprint density at radius 3 is 2.72 bits per heavy atom. The molecule has 154 valence electrons. The number of ether oxygens (including phenoxy) is 2. The van der Waals surface area contributed by atoms with E-state index >= 15 is 0 Å². The van der Waals surface area contributed by atoms with Crippen LogP contribution in [0.3, 0.4) is 0 Å². The molecule has 0 saturated carbocycles. The Morgan fingerprint density at radius 1 is 1.24 bits per heavy atom. The number of imidazole rings is 1. The van der Waals surface area contributed by atoms with Crippen molar-refractivity contribution < 1.29 is 14.3 Å². The van der Waals surface area contributed by atoms with E-state index in [0.717, 1.165) is 41.3 Å². The maximum Gasteiger partial charge on any atom is 0.230 e. The molecule has 1 amide bonds. The van der Waals surface area contributed by atoms with E-state index in [1.807, 2.05) is 61.7 Å². The molecule has 0 bridgehead atoms. The Kier molecular flexibility index (Phi) is 6.42. The van der Waals surface area contributed by atoms with E-state index in [4.69, 9.17) is 14.5 Å². The first-order chi connectivity index (χ1) is 14.0. The summed E-state index contributed by atoms with van der Waals surface area (Å²) >= 11 is 0. The van der Waals surface area contributed by atoms with E-state index < -0.39 is 0 Å². The van der Waals surface area contributed by atoms with Gasteiger partial charge in [-0.1, -0.05) is 32.9 Å². The summed E-state index contributed by atoms with van der Waals surface area (Å²) in [5.41, 5.74) is 2.76. The van der Waals surface area contributed by atoms with Gasteiger partial charge in [0.15, 0.2) is 11.4 Å². The number of aryl methyl sites for hydroxylation is 1. The van der Waals surface area contributed by atoms with E-state index in [0.29, 0.717) is 12.4 Å². The second-order valence-corrected chi connectivity index (χ2v) is 7.30. The molecule has 1 aromatic carbocycles. The molecule has 6 nitrogen and oxygen atoms in total. The van der Waals surface area contributed by atoms with Gasteiger partial charge in [0.25, 0.3) is 0 Å².